The number of carbonyl (C=O) groups excluding carboxylic acids is 1. The number of carbonyl (C=O) groups is 1. The molecule has 0 aliphatic heterocycles. The van der Waals surface area contributed by atoms with Crippen LogP contribution in [0, 0.1) is 0 Å². The Kier molecular flexibility index (Phi) is 7.88. The lowest BCUT2D eigenvalue weighted by atomic mass is 10.1. The van der Waals surface area contributed by atoms with Crippen LogP contribution in [0.15, 0.2) is 42.5 Å². The number of unbranched alkanes of at least 4 members (excludes halogenated alkanes) is 1. The second kappa shape index (κ2) is 11.0. The molecule has 0 saturated heterocycles. The van der Waals surface area contributed by atoms with Crippen LogP contribution in [-0.4, -0.2) is 40.7 Å². The molecule has 0 saturated carbocycles. The summed E-state index contributed by atoms with van der Waals surface area (Å²) < 4.78 is 7.50. The molecule has 4 rings (SSSR count). The van der Waals surface area contributed by atoms with Crippen LogP contribution >= 0.6 is 23.2 Å². The van der Waals surface area contributed by atoms with E-state index in [0.29, 0.717) is 35.4 Å². The van der Waals surface area contributed by atoms with Crippen molar-refractivity contribution < 1.29 is 9.53 Å². The van der Waals surface area contributed by atoms with Crippen LogP contribution in [0.1, 0.15) is 24.2 Å². The minimum atomic E-state index is -0.0667. The molecule has 0 unspecified atom stereocenters. The Morgan fingerprint density at radius 1 is 1.15 bits per heavy atom. The molecule has 34 heavy (non-hydrogen) atoms. The van der Waals surface area contributed by atoms with Crippen molar-refractivity contribution in [3.05, 3.63) is 63.9 Å². The number of hydrogen-bond donors (Lipinski definition) is 2. The number of rotatable bonds is 10. The number of nitrogens with one attached hydrogen (secondary N) is 1. The van der Waals surface area contributed by atoms with Gasteiger partial charge >= 0.3 is 0 Å². The van der Waals surface area contributed by atoms with Crippen LogP contribution in [0.5, 0.6) is 0 Å². The molecule has 2 aromatic carbocycles. The number of pyridine rings is 1. The van der Waals surface area contributed by atoms with Gasteiger partial charge in [-0.2, -0.15) is 0 Å². The first-order valence-electron chi connectivity index (χ1n) is 11.2. The Morgan fingerprint density at radius 3 is 2.76 bits per heavy atom. The monoisotopic (exact) mass is 499 g/mol. The van der Waals surface area contributed by atoms with E-state index in [1.54, 1.807) is 25.3 Å². The van der Waals surface area contributed by atoms with Gasteiger partial charge in [-0.05, 0) is 36.6 Å². The number of benzene rings is 2. The first kappa shape index (κ1) is 24.3. The van der Waals surface area contributed by atoms with Gasteiger partial charge in [0.05, 0.1) is 24.1 Å². The number of anilines is 1. The van der Waals surface area contributed by atoms with Gasteiger partial charge in [0.1, 0.15) is 11.3 Å². The van der Waals surface area contributed by atoms with E-state index >= 15 is 0 Å². The first-order valence-corrected chi connectivity index (χ1v) is 12.0. The molecule has 4 aromatic rings. The number of methoxy groups -OCH3 is 1. The number of halogens is 2. The summed E-state index contributed by atoms with van der Waals surface area (Å²) in [6, 6.07) is 13.1. The molecule has 2 aromatic heterocycles. The number of fused-ring (bicyclic) bond motifs is 3. The summed E-state index contributed by atoms with van der Waals surface area (Å²) in [4.78, 5) is 21.6. The van der Waals surface area contributed by atoms with Crippen molar-refractivity contribution in [2.45, 2.75) is 32.2 Å². The van der Waals surface area contributed by atoms with Crippen molar-refractivity contribution in [2.75, 3.05) is 26.0 Å². The molecule has 0 atom stereocenters. The van der Waals surface area contributed by atoms with Gasteiger partial charge in [-0.1, -0.05) is 47.5 Å². The maximum atomic E-state index is 12.3. The predicted octanol–water partition coefficient (Wildman–Crippen LogP) is 4.80. The van der Waals surface area contributed by atoms with Gasteiger partial charge in [-0.3, -0.25) is 4.79 Å². The highest BCUT2D eigenvalue weighted by Gasteiger charge is 2.17. The molecule has 0 aliphatic rings. The van der Waals surface area contributed by atoms with Crippen LogP contribution in [0.3, 0.4) is 0 Å². The topological polar surface area (TPSA) is 95.1 Å². The zero-order valence-corrected chi connectivity index (χ0v) is 20.5. The quantitative estimate of drug-likeness (QED) is 0.305. The number of nitrogen functional groups attached to an aromatic ring is 1. The molecular formula is C25H27Cl2N5O2. The summed E-state index contributed by atoms with van der Waals surface area (Å²) in [5.74, 6) is 1.28. The van der Waals surface area contributed by atoms with Gasteiger partial charge in [0.25, 0.3) is 0 Å². The minimum Gasteiger partial charge on any atom is -0.384 e. The van der Waals surface area contributed by atoms with E-state index in [4.69, 9.17) is 38.7 Å². The van der Waals surface area contributed by atoms with Crippen LogP contribution in [-0.2, 0) is 28.9 Å². The van der Waals surface area contributed by atoms with Crippen molar-refractivity contribution in [3.8, 4) is 0 Å². The fourth-order valence-electron chi connectivity index (χ4n) is 4.05. The standard InChI is InChI=1S/C25H27Cl2N5O2/c1-34-13-10-21-31-23-24(18-6-2-3-7-20(18)30-25(23)28)32(21)12-5-4-11-29-22(33)14-16-8-9-17(26)15-19(16)27/h2-3,6-9,15H,4-5,10-14H2,1H3,(H2,28,30)(H,29,33). The van der Waals surface area contributed by atoms with E-state index in [2.05, 4.69) is 14.9 Å². The molecule has 3 N–H and O–H groups in total. The van der Waals surface area contributed by atoms with E-state index in [0.717, 1.165) is 52.7 Å². The van der Waals surface area contributed by atoms with Crippen LogP contribution < -0.4 is 11.1 Å². The summed E-state index contributed by atoms with van der Waals surface area (Å²) in [5, 5.41) is 5.05. The van der Waals surface area contributed by atoms with E-state index in [1.807, 2.05) is 24.3 Å². The SMILES string of the molecule is COCCc1nc2c(N)nc3ccccc3c2n1CCCCNC(=O)Cc1ccc(Cl)cc1Cl. The molecule has 0 bridgehead atoms. The second-order valence-corrected chi connectivity index (χ2v) is 8.95. The number of hydrogen-bond acceptors (Lipinski definition) is 5. The number of amides is 1. The normalized spacial score (nSPS) is 11.4. The third kappa shape index (κ3) is 5.43. The summed E-state index contributed by atoms with van der Waals surface area (Å²) in [7, 11) is 1.68. The zero-order chi connectivity index (χ0) is 24.1. The average Bonchev–Trinajstić information content (AvgIpc) is 3.18. The van der Waals surface area contributed by atoms with E-state index in [-0.39, 0.29) is 12.3 Å². The molecule has 178 valence electrons. The molecule has 0 aliphatic carbocycles. The summed E-state index contributed by atoms with van der Waals surface area (Å²) in [6.45, 7) is 1.90. The Morgan fingerprint density at radius 2 is 1.97 bits per heavy atom. The van der Waals surface area contributed by atoms with E-state index in [1.165, 1.54) is 0 Å². The van der Waals surface area contributed by atoms with E-state index in [9.17, 15) is 4.79 Å². The van der Waals surface area contributed by atoms with Crippen LogP contribution in [0.4, 0.5) is 5.82 Å². The van der Waals surface area contributed by atoms with E-state index < -0.39 is 0 Å². The zero-order valence-electron chi connectivity index (χ0n) is 19.0. The predicted molar refractivity (Wildman–Crippen MR) is 137 cm³/mol. The first-order chi connectivity index (χ1) is 16.5. The van der Waals surface area contributed by atoms with Gasteiger partial charge in [0.15, 0.2) is 5.82 Å². The fraction of sp³-hybridized carbons (Fsp3) is 0.320. The molecule has 7 nitrogen and oxygen atoms in total. The lowest BCUT2D eigenvalue weighted by molar-refractivity contribution is -0.120. The van der Waals surface area contributed by atoms with Crippen LogP contribution in [0.25, 0.3) is 21.9 Å². The number of aromatic nitrogens is 3. The largest absolute Gasteiger partial charge is 0.384 e. The lowest BCUT2D eigenvalue weighted by Gasteiger charge is -2.11. The van der Waals surface area contributed by atoms with Gasteiger partial charge in [0.2, 0.25) is 5.91 Å². The molecule has 0 spiro atoms. The summed E-state index contributed by atoms with van der Waals surface area (Å²) in [5.41, 5.74) is 9.56. The Bertz CT molecular complexity index is 1320. The number of ether oxygens (including phenoxy) is 1. The Hall–Kier alpha value is -2.87. The van der Waals surface area contributed by atoms with Crippen molar-refractivity contribution in [3.63, 3.8) is 0 Å². The van der Waals surface area contributed by atoms with Crippen molar-refractivity contribution >= 4 is 56.9 Å². The molecule has 0 fully saturated rings. The molecule has 1 amide bonds. The minimum absolute atomic E-state index is 0.0667. The number of nitrogens with two attached hydrogens (primary N) is 1. The number of para-hydroxylation sites is 1. The molecule has 2 heterocycles. The summed E-state index contributed by atoms with van der Waals surface area (Å²) in [6.07, 6.45) is 2.59. The van der Waals surface area contributed by atoms with Gasteiger partial charge in [0, 0.05) is 42.1 Å². The third-order valence-electron chi connectivity index (χ3n) is 5.72. The van der Waals surface area contributed by atoms with Gasteiger partial charge in [-0.15, -0.1) is 0 Å². The smallest absolute Gasteiger partial charge is 0.224 e. The Labute approximate surface area is 208 Å². The highest BCUT2D eigenvalue weighted by Crippen LogP contribution is 2.29. The number of imidazole rings is 1. The third-order valence-corrected chi connectivity index (χ3v) is 6.30. The maximum absolute atomic E-state index is 12.3. The summed E-state index contributed by atoms with van der Waals surface area (Å²) >= 11 is 12.1. The second-order valence-electron chi connectivity index (χ2n) is 8.10. The van der Waals surface area contributed by atoms with Gasteiger partial charge < -0.3 is 20.4 Å². The molecule has 0 radical (unpaired) electrons. The average molecular weight is 500 g/mol. The van der Waals surface area contributed by atoms with Crippen LogP contribution in [0.2, 0.25) is 10.0 Å². The maximum Gasteiger partial charge on any atom is 0.224 e. The van der Waals surface area contributed by atoms with Gasteiger partial charge in [-0.25, -0.2) is 9.97 Å². The molecule has 9 heteroatoms. The van der Waals surface area contributed by atoms with Crippen molar-refractivity contribution in [1.29, 1.82) is 0 Å². The molecular weight excluding hydrogens is 473 g/mol. The number of nitrogens with zero attached hydrogens (tertiary/aromatic N) is 3. The highest BCUT2D eigenvalue weighted by molar-refractivity contribution is 6.35. The highest BCUT2D eigenvalue weighted by atomic mass is 35.5. The number of aryl methyl sites for hydroxylation is 1. The van der Waals surface area contributed by atoms with Crippen molar-refractivity contribution in [2.24, 2.45) is 0 Å². The lowest BCUT2D eigenvalue weighted by Crippen LogP contribution is -2.26. The van der Waals surface area contributed by atoms with Crippen molar-refractivity contribution in [1.82, 2.24) is 19.9 Å². The Balaban J connectivity index is 1.42. The fourth-order valence-corrected chi connectivity index (χ4v) is 4.53.